The smallest absolute Gasteiger partial charge is 0.0136 e. The van der Waals surface area contributed by atoms with Crippen molar-refractivity contribution in [1.29, 1.82) is 0 Å². The number of hydrogen-bond donors (Lipinski definition) is 1. The van der Waals surface area contributed by atoms with E-state index >= 15 is 0 Å². The lowest BCUT2D eigenvalue weighted by molar-refractivity contribution is 0.163. The van der Waals surface area contributed by atoms with Gasteiger partial charge in [0.15, 0.2) is 0 Å². The van der Waals surface area contributed by atoms with Gasteiger partial charge in [-0.3, -0.25) is 0 Å². The monoisotopic (exact) mass is 221 g/mol. The highest BCUT2D eigenvalue weighted by atomic mass is 14.9. The third-order valence-corrected chi connectivity index (χ3v) is 4.30. The number of allylic oxidation sites excluding steroid dienone is 1. The largest absolute Gasteiger partial charge is 0.313 e. The Labute approximate surface area is 101 Å². The molecule has 0 aromatic carbocycles. The van der Waals surface area contributed by atoms with Gasteiger partial charge in [0, 0.05) is 6.04 Å². The Balaban J connectivity index is 1.42. The molecule has 0 heterocycles. The van der Waals surface area contributed by atoms with Gasteiger partial charge in [0.1, 0.15) is 0 Å². The molecule has 1 saturated carbocycles. The first-order valence-electron chi connectivity index (χ1n) is 7.32. The molecule has 0 aliphatic heterocycles. The Bertz CT molecular complexity index is 221. The zero-order chi connectivity index (χ0) is 11.2. The second-order valence-electron chi connectivity index (χ2n) is 5.57. The van der Waals surface area contributed by atoms with Gasteiger partial charge in [0.2, 0.25) is 0 Å². The molecular formula is C15H27N. The lowest BCUT2D eigenvalue weighted by Crippen LogP contribution is -2.48. The predicted molar refractivity (Wildman–Crippen MR) is 70.5 cm³/mol. The molecule has 0 amide bonds. The summed E-state index contributed by atoms with van der Waals surface area (Å²) in [6.07, 6.45) is 16.0. The summed E-state index contributed by atoms with van der Waals surface area (Å²) in [4.78, 5) is 0. The molecular weight excluding hydrogens is 194 g/mol. The SMILES string of the molecule is CCCCCCCCNC1CC2CC=CC21. The normalized spacial score (nSPS) is 31.4. The van der Waals surface area contributed by atoms with Crippen LogP contribution in [-0.4, -0.2) is 12.6 Å². The number of nitrogens with one attached hydrogen (secondary N) is 1. The van der Waals surface area contributed by atoms with Crippen LogP contribution in [0.3, 0.4) is 0 Å². The van der Waals surface area contributed by atoms with Crippen LogP contribution in [0.1, 0.15) is 58.3 Å². The van der Waals surface area contributed by atoms with Crippen LogP contribution in [0.5, 0.6) is 0 Å². The Morgan fingerprint density at radius 2 is 1.94 bits per heavy atom. The van der Waals surface area contributed by atoms with E-state index in [0.717, 1.165) is 17.9 Å². The van der Waals surface area contributed by atoms with Crippen LogP contribution in [0.4, 0.5) is 0 Å². The van der Waals surface area contributed by atoms with E-state index in [2.05, 4.69) is 24.4 Å². The average molecular weight is 221 g/mol. The third-order valence-electron chi connectivity index (χ3n) is 4.30. The Kier molecular flexibility index (Phi) is 4.90. The lowest BCUT2D eigenvalue weighted by atomic mass is 9.71. The number of hydrogen-bond acceptors (Lipinski definition) is 1. The molecule has 92 valence electrons. The van der Waals surface area contributed by atoms with Crippen molar-refractivity contribution in [2.45, 2.75) is 64.3 Å². The topological polar surface area (TPSA) is 12.0 Å². The van der Waals surface area contributed by atoms with Crippen molar-refractivity contribution in [3.63, 3.8) is 0 Å². The maximum absolute atomic E-state index is 3.73. The van der Waals surface area contributed by atoms with Crippen LogP contribution in [0, 0.1) is 11.8 Å². The molecule has 2 aliphatic carbocycles. The van der Waals surface area contributed by atoms with Gasteiger partial charge in [-0.05, 0) is 37.6 Å². The zero-order valence-corrected chi connectivity index (χ0v) is 10.8. The van der Waals surface area contributed by atoms with Gasteiger partial charge in [-0.15, -0.1) is 0 Å². The van der Waals surface area contributed by atoms with Gasteiger partial charge in [-0.2, -0.15) is 0 Å². The van der Waals surface area contributed by atoms with Crippen LogP contribution in [0.25, 0.3) is 0 Å². The van der Waals surface area contributed by atoms with E-state index in [0.29, 0.717) is 0 Å². The van der Waals surface area contributed by atoms with Gasteiger partial charge >= 0.3 is 0 Å². The highest BCUT2D eigenvalue weighted by Crippen LogP contribution is 2.42. The van der Waals surface area contributed by atoms with Gasteiger partial charge in [0.05, 0.1) is 0 Å². The summed E-state index contributed by atoms with van der Waals surface area (Å²) in [5.74, 6) is 1.89. The molecule has 1 nitrogen and oxygen atoms in total. The van der Waals surface area contributed by atoms with E-state index in [-0.39, 0.29) is 0 Å². The lowest BCUT2D eigenvalue weighted by Gasteiger charge is -2.40. The highest BCUT2D eigenvalue weighted by molar-refractivity contribution is 5.12. The standard InChI is InChI=1S/C15H27N/c1-2-3-4-5-6-7-11-16-15-12-13-9-8-10-14(13)15/h8,10,13-16H,2-7,9,11-12H2,1H3. The average Bonchev–Trinajstić information content (AvgIpc) is 2.64. The van der Waals surface area contributed by atoms with Crippen LogP contribution in [0.2, 0.25) is 0 Å². The first kappa shape index (κ1) is 12.2. The van der Waals surface area contributed by atoms with Gasteiger partial charge in [0.25, 0.3) is 0 Å². The first-order chi connectivity index (χ1) is 7.92. The van der Waals surface area contributed by atoms with Crippen molar-refractivity contribution >= 4 is 0 Å². The van der Waals surface area contributed by atoms with E-state index < -0.39 is 0 Å². The molecule has 1 fully saturated rings. The van der Waals surface area contributed by atoms with Crippen molar-refractivity contribution in [3.05, 3.63) is 12.2 Å². The Hall–Kier alpha value is -0.300. The van der Waals surface area contributed by atoms with E-state index in [1.54, 1.807) is 0 Å². The van der Waals surface area contributed by atoms with Crippen LogP contribution >= 0.6 is 0 Å². The second-order valence-corrected chi connectivity index (χ2v) is 5.57. The van der Waals surface area contributed by atoms with Crippen molar-refractivity contribution in [1.82, 2.24) is 5.32 Å². The molecule has 1 heteroatoms. The van der Waals surface area contributed by atoms with Gasteiger partial charge < -0.3 is 5.32 Å². The number of unbranched alkanes of at least 4 members (excludes halogenated alkanes) is 5. The summed E-state index contributed by atoms with van der Waals surface area (Å²) in [5, 5.41) is 3.73. The summed E-state index contributed by atoms with van der Waals surface area (Å²) in [6, 6.07) is 0.819. The van der Waals surface area contributed by atoms with Crippen LogP contribution in [0.15, 0.2) is 12.2 Å². The summed E-state index contributed by atoms with van der Waals surface area (Å²) in [7, 11) is 0. The van der Waals surface area contributed by atoms with E-state index in [4.69, 9.17) is 0 Å². The van der Waals surface area contributed by atoms with Gasteiger partial charge in [-0.25, -0.2) is 0 Å². The van der Waals surface area contributed by atoms with E-state index in [1.165, 1.54) is 57.9 Å². The summed E-state index contributed by atoms with van der Waals surface area (Å²) >= 11 is 0. The molecule has 0 radical (unpaired) electrons. The molecule has 1 N–H and O–H groups in total. The molecule has 0 spiro atoms. The van der Waals surface area contributed by atoms with E-state index in [1.807, 2.05) is 0 Å². The predicted octanol–water partition coefficient (Wildman–Crippen LogP) is 3.90. The highest BCUT2D eigenvalue weighted by Gasteiger charge is 2.40. The van der Waals surface area contributed by atoms with Crippen LogP contribution in [-0.2, 0) is 0 Å². The minimum atomic E-state index is 0.819. The molecule has 16 heavy (non-hydrogen) atoms. The molecule has 2 aliphatic rings. The fourth-order valence-corrected chi connectivity index (χ4v) is 3.14. The third kappa shape index (κ3) is 3.10. The van der Waals surface area contributed by atoms with Crippen molar-refractivity contribution in [2.24, 2.45) is 11.8 Å². The van der Waals surface area contributed by atoms with Gasteiger partial charge in [-0.1, -0.05) is 51.2 Å². The molecule has 3 atom stereocenters. The van der Waals surface area contributed by atoms with Crippen molar-refractivity contribution in [3.8, 4) is 0 Å². The first-order valence-corrected chi connectivity index (χ1v) is 7.32. The quantitative estimate of drug-likeness (QED) is 0.484. The van der Waals surface area contributed by atoms with Crippen molar-refractivity contribution < 1.29 is 0 Å². The summed E-state index contributed by atoms with van der Waals surface area (Å²) in [6.45, 7) is 3.53. The molecule has 3 unspecified atom stereocenters. The maximum Gasteiger partial charge on any atom is 0.0136 e. The van der Waals surface area contributed by atoms with E-state index in [9.17, 15) is 0 Å². The Morgan fingerprint density at radius 1 is 1.12 bits per heavy atom. The molecule has 0 bridgehead atoms. The molecule has 2 rings (SSSR count). The fourth-order valence-electron chi connectivity index (χ4n) is 3.14. The number of rotatable bonds is 8. The Morgan fingerprint density at radius 3 is 2.75 bits per heavy atom. The zero-order valence-electron chi connectivity index (χ0n) is 10.8. The second kappa shape index (κ2) is 6.44. The minimum absolute atomic E-state index is 0.819. The minimum Gasteiger partial charge on any atom is -0.313 e. The number of fused-ring (bicyclic) bond motifs is 1. The summed E-state index contributed by atoms with van der Waals surface area (Å²) < 4.78 is 0. The molecule has 0 aromatic rings. The fraction of sp³-hybridized carbons (Fsp3) is 0.867. The maximum atomic E-state index is 3.73. The summed E-state index contributed by atoms with van der Waals surface area (Å²) in [5.41, 5.74) is 0. The molecule has 0 aromatic heterocycles. The van der Waals surface area contributed by atoms with Crippen LogP contribution < -0.4 is 5.32 Å². The van der Waals surface area contributed by atoms with Crippen molar-refractivity contribution in [2.75, 3.05) is 6.54 Å². The molecule has 0 saturated heterocycles.